The molecule has 7 nitrogen and oxygen atoms in total. The van der Waals surface area contributed by atoms with Gasteiger partial charge in [-0.1, -0.05) is 0 Å². The maximum absolute atomic E-state index is 11.9. The number of benzene rings is 1. The number of aryl methyl sites for hydroxylation is 2. The highest BCUT2D eigenvalue weighted by Gasteiger charge is 2.25. The summed E-state index contributed by atoms with van der Waals surface area (Å²) in [6, 6.07) is 6.33. The lowest BCUT2D eigenvalue weighted by atomic mass is 10.1. The molecule has 130 valence electrons. The summed E-state index contributed by atoms with van der Waals surface area (Å²) in [5.41, 5.74) is 10.9. The van der Waals surface area contributed by atoms with Crippen LogP contribution in [0.25, 0.3) is 22.2 Å². The van der Waals surface area contributed by atoms with Crippen molar-refractivity contribution >= 4 is 22.5 Å². The van der Waals surface area contributed by atoms with Gasteiger partial charge in [-0.2, -0.15) is 5.10 Å². The number of aromatic nitrogens is 3. The SMILES string of the molecule is Cc1nn(C)cc1-c1cc2c(N(C)C3CNC3)ccc(C(N)=O)c2[nH]1. The van der Waals surface area contributed by atoms with Crippen molar-refractivity contribution in [1.29, 1.82) is 0 Å². The Kier molecular flexibility index (Phi) is 3.54. The summed E-state index contributed by atoms with van der Waals surface area (Å²) in [5.74, 6) is -0.430. The molecule has 1 aromatic carbocycles. The normalized spacial score (nSPS) is 14.7. The molecule has 1 amide bonds. The summed E-state index contributed by atoms with van der Waals surface area (Å²) in [6.45, 7) is 3.91. The number of fused-ring (bicyclic) bond motifs is 1. The summed E-state index contributed by atoms with van der Waals surface area (Å²) in [6.07, 6.45) is 1.98. The molecule has 4 rings (SSSR count). The highest BCUT2D eigenvalue weighted by Crippen LogP contribution is 2.34. The van der Waals surface area contributed by atoms with Crippen molar-refractivity contribution < 1.29 is 4.79 Å². The zero-order valence-corrected chi connectivity index (χ0v) is 14.6. The predicted octanol–water partition coefficient (Wildman–Crippen LogP) is 1.38. The first-order valence-electron chi connectivity index (χ1n) is 8.35. The highest BCUT2D eigenvalue weighted by atomic mass is 16.1. The molecular formula is C18H22N6O. The molecule has 4 N–H and O–H groups in total. The van der Waals surface area contributed by atoms with Crippen molar-refractivity contribution in [1.82, 2.24) is 20.1 Å². The van der Waals surface area contributed by atoms with Crippen molar-refractivity contribution in [2.45, 2.75) is 13.0 Å². The van der Waals surface area contributed by atoms with Crippen LogP contribution in [-0.4, -0.2) is 46.9 Å². The molecule has 0 unspecified atom stereocenters. The standard InChI is InChI=1S/C18H22N6O/c1-10-14(9-23(2)22-10)15-6-13-16(24(3)11-7-20-8-11)5-4-12(18(19)25)17(13)21-15/h4-6,9,11,20-21H,7-8H2,1-3H3,(H2,19,25). The van der Waals surface area contributed by atoms with Crippen LogP contribution in [-0.2, 0) is 7.05 Å². The van der Waals surface area contributed by atoms with Crippen LogP contribution in [0.1, 0.15) is 16.1 Å². The first-order chi connectivity index (χ1) is 12.0. The van der Waals surface area contributed by atoms with Crippen molar-refractivity contribution in [3.63, 3.8) is 0 Å². The molecule has 0 bridgehead atoms. The summed E-state index contributed by atoms with van der Waals surface area (Å²) < 4.78 is 1.79. The number of nitrogens with zero attached hydrogens (tertiary/aromatic N) is 3. The molecule has 3 heterocycles. The van der Waals surface area contributed by atoms with E-state index in [9.17, 15) is 4.79 Å². The number of aromatic amines is 1. The van der Waals surface area contributed by atoms with Crippen LogP contribution in [0.15, 0.2) is 24.4 Å². The molecule has 0 radical (unpaired) electrons. The molecule has 2 aromatic heterocycles. The average molecular weight is 338 g/mol. The van der Waals surface area contributed by atoms with Gasteiger partial charge in [-0.3, -0.25) is 9.48 Å². The van der Waals surface area contributed by atoms with Crippen LogP contribution in [0.4, 0.5) is 5.69 Å². The lowest BCUT2D eigenvalue weighted by molar-refractivity contribution is 0.100. The second-order valence-corrected chi connectivity index (χ2v) is 6.69. The van der Waals surface area contributed by atoms with Gasteiger partial charge >= 0.3 is 0 Å². The highest BCUT2D eigenvalue weighted by molar-refractivity contribution is 6.10. The molecule has 0 spiro atoms. The fourth-order valence-electron chi connectivity index (χ4n) is 3.47. The number of rotatable bonds is 4. The van der Waals surface area contributed by atoms with E-state index in [-0.39, 0.29) is 0 Å². The second-order valence-electron chi connectivity index (χ2n) is 6.69. The Morgan fingerprint density at radius 3 is 2.72 bits per heavy atom. The minimum Gasteiger partial charge on any atom is -0.369 e. The zero-order chi connectivity index (χ0) is 17.7. The third-order valence-corrected chi connectivity index (χ3v) is 5.03. The second kappa shape index (κ2) is 5.63. The number of primary amides is 1. The number of nitrogens with two attached hydrogens (primary N) is 1. The van der Waals surface area contributed by atoms with Gasteiger partial charge in [-0.25, -0.2) is 0 Å². The molecule has 7 heteroatoms. The van der Waals surface area contributed by atoms with Gasteiger partial charge in [0.15, 0.2) is 0 Å². The quantitative estimate of drug-likeness (QED) is 0.670. The Morgan fingerprint density at radius 1 is 1.40 bits per heavy atom. The van der Waals surface area contributed by atoms with Crippen LogP contribution in [0, 0.1) is 6.92 Å². The topological polar surface area (TPSA) is 92.0 Å². The van der Waals surface area contributed by atoms with E-state index in [0.29, 0.717) is 11.6 Å². The Bertz CT molecular complexity index is 966. The number of H-pyrrole nitrogens is 1. The fourth-order valence-corrected chi connectivity index (χ4v) is 3.47. The smallest absolute Gasteiger partial charge is 0.250 e. The van der Waals surface area contributed by atoms with Crippen LogP contribution < -0.4 is 16.0 Å². The van der Waals surface area contributed by atoms with E-state index in [0.717, 1.165) is 46.6 Å². The number of nitrogens with one attached hydrogen (secondary N) is 2. The summed E-state index contributed by atoms with van der Waals surface area (Å²) in [4.78, 5) is 17.5. The number of likely N-dealkylation sites (N-methyl/N-ethyl adjacent to an activating group) is 1. The van der Waals surface area contributed by atoms with Gasteiger partial charge in [0.2, 0.25) is 0 Å². The van der Waals surface area contributed by atoms with Gasteiger partial charge in [0.05, 0.1) is 22.8 Å². The summed E-state index contributed by atoms with van der Waals surface area (Å²) in [5, 5.41) is 8.71. The van der Waals surface area contributed by atoms with Gasteiger partial charge in [0.1, 0.15) is 0 Å². The van der Waals surface area contributed by atoms with Crippen molar-refractivity contribution in [2.75, 3.05) is 25.0 Å². The molecule has 0 aliphatic carbocycles. The Morgan fingerprint density at radius 2 is 2.16 bits per heavy atom. The largest absolute Gasteiger partial charge is 0.369 e. The molecule has 0 saturated carbocycles. The molecule has 1 aliphatic rings. The van der Waals surface area contributed by atoms with E-state index in [1.807, 2.05) is 26.2 Å². The van der Waals surface area contributed by atoms with Crippen molar-refractivity contribution in [2.24, 2.45) is 12.8 Å². The molecule has 1 fully saturated rings. The van der Waals surface area contributed by atoms with Crippen molar-refractivity contribution in [3.8, 4) is 11.3 Å². The minimum absolute atomic E-state index is 0.430. The molecular weight excluding hydrogens is 316 g/mol. The molecule has 1 saturated heterocycles. The van der Waals surface area contributed by atoms with Crippen LogP contribution in [0.5, 0.6) is 0 Å². The van der Waals surface area contributed by atoms with Crippen LogP contribution in [0.3, 0.4) is 0 Å². The van der Waals surface area contributed by atoms with Gasteiger partial charge in [-0.15, -0.1) is 0 Å². The lowest BCUT2D eigenvalue weighted by Gasteiger charge is -2.37. The lowest BCUT2D eigenvalue weighted by Crippen LogP contribution is -2.56. The molecule has 0 atom stereocenters. The molecule has 1 aliphatic heterocycles. The van der Waals surface area contributed by atoms with Gasteiger partial charge in [-0.05, 0) is 25.1 Å². The van der Waals surface area contributed by atoms with Crippen LogP contribution in [0.2, 0.25) is 0 Å². The maximum atomic E-state index is 11.9. The van der Waals surface area contributed by atoms with E-state index in [1.165, 1.54) is 0 Å². The van der Waals surface area contributed by atoms with E-state index >= 15 is 0 Å². The summed E-state index contributed by atoms with van der Waals surface area (Å²) >= 11 is 0. The zero-order valence-electron chi connectivity index (χ0n) is 14.6. The van der Waals surface area contributed by atoms with E-state index in [2.05, 4.69) is 33.4 Å². The number of hydrogen-bond donors (Lipinski definition) is 3. The Labute approximate surface area is 145 Å². The van der Waals surface area contributed by atoms with E-state index in [1.54, 1.807) is 10.7 Å². The number of amides is 1. The third kappa shape index (κ3) is 2.47. The van der Waals surface area contributed by atoms with Gasteiger partial charge in [0.25, 0.3) is 5.91 Å². The van der Waals surface area contributed by atoms with Gasteiger partial charge in [0, 0.05) is 55.7 Å². The Balaban J connectivity index is 1.91. The fraction of sp³-hybridized carbons (Fsp3) is 0.333. The molecule has 3 aromatic rings. The maximum Gasteiger partial charge on any atom is 0.250 e. The Hall–Kier alpha value is -2.80. The number of hydrogen-bond acceptors (Lipinski definition) is 4. The minimum atomic E-state index is -0.430. The van der Waals surface area contributed by atoms with E-state index < -0.39 is 5.91 Å². The third-order valence-electron chi connectivity index (χ3n) is 5.03. The average Bonchev–Trinajstić information content (AvgIpc) is 3.06. The van der Waals surface area contributed by atoms with Crippen molar-refractivity contribution in [3.05, 3.63) is 35.7 Å². The predicted molar refractivity (Wildman–Crippen MR) is 98.8 cm³/mol. The summed E-state index contributed by atoms with van der Waals surface area (Å²) in [7, 11) is 3.99. The van der Waals surface area contributed by atoms with E-state index in [4.69, 9.17) is 5.73 Å². The first-order valence-corrected chi connectivity index (χ1v) is 8.35. The van der Waals surface area contributed by atoms with Gasteiger partial charge < -0.3 is 20.9 Å². The van der Waals surface area contributed by atoms with Crippen LogP contribution >= 0.6 is 0 Å². The molecule has 25 heavy (non-hydrogen) atoms. The monoisotopic (exact) mass is 338 g/mol. The number of anilines is 1. The number of carbonyl (C=O) groups is 1. The number of carbonyl (C=O) groups excluding carboxylic acids is 1. The first kappa shape index (κ1) is 15.7.